The van der Waals surface area contributed by atoms with Crippen molar-refractivity contribution in [2.45, 2.75) is 109 Å². The van der Waals surface area contributed by atoms with Crippen LogP contribution in [0.5, 0.6) is 0 Å². The molecule has 0 saturated carbocycles. The van der Waals surface area contributed by atoms with Crippen LogP contribution in [-0.2, 0) is 18.9 Å². The van der Waals surface area contributed by atoms with E-state index in [2.05, 4.69) is 13.8 Å². The van der Waals surface area contributed by atoms with Crippen molar-refractivity contribution in [3.63, 3.8) is 0 Å². The Balaban J connectivity index is 4.34. The maximum atomic E-state index is 6.64. The number of ether oxygens (including phenoxy) is 4. The molecule has 0 bridgehead atoms. The van der Waals surface area contributed by atoms with Crippen molar-refractivity contribution in [2.24, 2.45) is 5.73 Å². The predicted octanol–water partition coefficient (Wildman–Crippen LogP) is 2.54. The maximum Gasteiger partial charge on any atom is 0.165 e. The van der Waals surface area contributed by atoms with E-state index in [1.807, 2.05) is 27.7 Å². The number of rotatable bonds is 18. The Bertz CT molecular complexity index is 341. The quantitative estimate of drug-likeness (QED) is 0.265. The van der Waals surface area contributed by atoms with Crippen LogP contribution in [0.3, 0.4) is 0 Å². The van der Waals surface area contributed by atoms with Gasteiger partial charge in [0, 0.05) is 65.8 Å². The number of nitrogens with two attached hydrogens (primary N) is 1. The van der Waals surface area contributed by atoms with Crippen LogP contribution in [0.15, 0.2) is 0 Å². The molecule has 170 valence electrons. The molecule has 2 atom stereocenters. The highest BCUT2D eigenvalue weighted by molar-refractivity contribution is 6.15. The molecular weight excluding hydrogens is 386 g/mol. The van der Waals surface area contributed by atoms with Crippen LogP contribution in [0.1, 0.15) is 80.1 Å². The molecule has 2 unspecified atom stereocenters. The molecule has 0 aliphatic heterocycles. The molecule has 0 aliphatic rings. The summed E-state index contributed by atoms with van der Waals surface area (Å²) in [7, 11) is 2.29. The lowest BCUT2D eigenvalue weighted by Gasteiger charge is -2.32. The van der Waals surface area contributed by atoms with E-state index in [9.17, 15) is 0 Å². The maximum absolute atomic E-state index is 6.64. The topological polar surface area (TPSA) is 62.9 Å². The summed E-state index contributed by atoms with van der Waals surface area (Å²) in [5, 5.41) is 0. The van der Waals surface area contributed by atoms with Crippen LogP contribution in [0.25, 0.3) is 0 Å². The Hall–Kier alpha value is 0.234. The molecule has 0 radical (unpaired) electrons. The molecule has 0 rings (SSSR count). The largest absolute Gasteiger partial charge is 0.351 e. The van der Waals surface area contributed by atoms with E-state index in [1.54, 1.807) is 0 Å². The van der Waals surface area contributed by atoms with Crippen LogP contribution >= 0.6 is 0 Å². The first-order valence-electron chi connectivity index (χ1n) is 11.5. The van der Waals surface area contributed by atoms with Crippen molar-refractivity contribution in [2.75, 3.05) is 26.4 Å². The monoisotopic (exact) mass is 435 g/mol. The molecule has 0 aromatic heterocycles. The molecule has 0 amide bonds. The summed E-state index contributed by atoms with van der Waals surface area (Å²) in [6.45, 7) is 15.0. The molecule has 0 saturated heterocycles. The Kier molecular flexibility index (Phi) is 15.2. The second-order valence-electron chi connectivity index (χ2n) is 8.32. The van der Waals surface area contributed by atoms with Gasteiger partial charge in [0.15, 0.2) is 11.6 Å². The van der Waals surface area contributed by atoms with Crippen LogP contribution in [-0.4, -0.2) is 64.5 Å². The first-order valence-corrected chi connectivity index (χ1v) is 13.8. The molecule has 7 heteroatoms. The van der Waals surface area contributed by atoms with Gasteiger partial charge in [-0.15, -0.1) is 0 Å². The summed E-state index contributed by atoms with van der Waals surface area (Å²) >= 11 is 0. The van der Waals surface area contributed by atoms with Gasteiger partial charge in [-0.05, 0) is 65.5 Å². The third kappa shape index (κ3) is 11.4. The lowest BCUT2D eigenvalue weighted by molar-refractivity contribution is -0.225. The van der Waals surface area contributed by atoms with Crippen molar-refractivity contribution < 1.29 is 18.9 Å². The Labute approximate surface area is 180 Å². The van der Waals surface area contributed by atoms with Crippen LogP contribution in [0, 0.1) is 0 Å². The first kappa shape index (κ1) is 28.2. The highest BCUT2D eigenvalue weighted by Gasteiger charge is 2.27. The normalized spacial score (nSPS) is 16.4. The standard InChI is InChI=1S/C21H49NO4Si2/c1-7-23-20(5,24-8-2)15-11-13-17(27)19(22)18(28)14-12-16-21(6,25-9-3)26-10-4/h17-19H,7-16,22H2,1-6,27-28H3. The molecular formula is C21H49NO4Si2. The highest BCUT2D eigenvalue weighted by Crippen LogP contribution is 2.30. The molecule has 28 heavy (non-hydrogen) atoms. The van der Waals surface area contributed by atoms with E-state index in [1.165, 1.54) is 12.8 Å². The van der Waals surface area contributed by atoms with Gasteiger partial charge in [-0.3, -0.25) is 0 Å². The Morgan fingerprint density at radius 2 is 0.964 bits per heavy atom. The lowest BCUT2D eigenvalue weighted by Crippen LogP contribution is -2.35. The van der Waals surface area contributed by atoms with Gasteiger partial charge in [-0.2, -0.15) is 0 Å². The minimum atomic E-state index is -0.446. The Morgan fingerprint density at radius 3 is 1.21 bits per heavy atom. The average molecular weight is 436 g/mol. The molecule has 0 heterocycles. The van der Waals surface area contributed by atoms with Gasteiger partial charge in [0.05, 0.1) is 0 Å². The van der Waals surface area contributed by atoms with Gasteiger partial charge in [-0.1, -0.05) is 12.8 Å². The summed E-state index contributed by atoms with van der Waals surface area (Å²) < 4.78 is 23.3. The zero-order chi connectivity index (χ0) is 21.6. The van der Waals surface area contributed by atoms with Gasteiger partial charge in [0.25, 0.3) is 0 Å². The SMILES string of the molecule is CCOC(C)(CCCC([SiH3])C(N)C([SiH3])CCCC(C)(OCC)OCC)OCC. The second-order valence-corrected chi connectivity index (χ2v) is 11.3. The molecule has 0 aliphatic carbocycles. The summed E-state index contributed by atoms with van der Waals surface area (Å²) in [6, 6.07) is 0.328. The minimum absolute atomic E-state index is 0.328. The van der Waals surface area contributed by atoms with Crippen LogP contribution < -0.4 is 5.73 Å². The fourth-order valence-corrected chi connectivity index (χ4v) is 6.93. The van der Waals surface area contributed by atoms with Crippen molar-refractivity contribution in [3.8, 4) is 0 Å². The minimum Gasteiger partial charge on any atom is -0.351 e. The number of hydrogen-bond acceptors (Lipinski definition) is 5. The summed E-state index contributed by atoms with van der Waals surface area (Å²) in [5.41, 5.74) is 7.95. The van der Waals surface area contributed by atoms with E-state index in [0.29, 0.717) is 43.6 Å². The highest BCUT2D eigenvalue weighted by atomic mass is 28.1. The van der Waals surface area contributed by atoms with E-state index in [0.717, 1.165) is 46.2 Å². The van der Waals surface area contributed by atoms with E-state index in [-0.39, 0.29) is 0 Å². The van der Waals surface area contributed by atoms with Gasteiger partial charge < -0.3 is 24.7 Å². The van der Waals surface area contributed by atoms with E-state index >= 15 is 0 Å². The van der Waals surface area contributed by atoms with Crippen LogP contribution in [0.4, 0.5) is 0 Å². The van der Waals surface area contributed by atoms with Crippen molar-refractivity contribution in [3.05, 3.63) is 0 Å². The van der Waals surface area contributed by atoms with Gasteiger partial charge in [0.1, 0.15) is 0 Å². The smallest absolute Gasteiger partial charge is 0.165 e. The summed E-state index contributed by atoms with van der Waals surface area (Å²) in [4.78, 5) is 0. The Morgan fingerprint density at radius 1 is 0.679 bits per heavy atom. The average Bonchev–Trinajstić information content (AvgIpc) is 2.61. The molecule has 0 aromatic carbocycles. The summed E-state index contributed by atoms with van der Waals surface area (Å²) in [6.07, 6.45) is 6.45. The third-order valence-electron chi connectivity index (χ3n) is 5.69. The van der Waals surface area contributed by atoms with Crippen LogP contribution in [0.2, 0.25) is 11.1 Å². The van der Waals surface area contributed by atoms with Gasteiger partial charge in [0.2, 0.25) is 0 Å². The van der Waals surface area contributed by atoms with E-state index < -0.39 is 11.6 Å². The van der Waals surface area contributed by atoms with Crippen molar-refractivity contribution in [1.29, 1.82) is 0 Å². The molecule has 2 N–H and O–H groups in total. The van der Waals surface area contributed by atoms with Crippen molar-refractivity contribution >= 4 is 20.5 Å². The summed E-state index contributed by atoms with van der Waals surface area (Å²) in [5.74, 6) is -0.892. The van der Waals surface area contributed by atoms with E-state index in [4.69, 9.17) is 24.7 Å². The van der Waals surface area contributed by atoms with Gasteiger partial charge in [-0.25, -0.2) is 0 Å². The predicted molar refractivity (Wildman–Crippen MR) is 126 cm³/mol. The lowest BCUT2D eigenvalue weighted by atomic mass is 9.98. The third-order valence-corrected chi connectivity index (χ3v) is 8.39. The van der Waals surface area contributed by atoms with Crippen molar-refractivity contribution in [1.82, 2.24) is 0 Å². The fourth-order valence-electron chi connectivity index (χ4n) is 4.03. The molecule has 5 nitrogen and oxygen atoms in total. The first-order chi connectivity index (χ1) is 13.2. The second kappa shape index (κ2) is 15.1. The molecule has 0 fully saturated rings. The molecule has 0 aromatic rings. The number of hydrogen-bond donors (Lipinski definition) is 1. The van der Waals surface area contributed by atoms with Gasteiger partial charge >= 0.3 is 0 Å². The zero-order valence-electron chi connectivity index (χ0n) is 20.0. The zero-order valence-corrected chi connectivity index (χ0v) is 24.0. The molecule has 0 spiro atoms. The fraction of sp³-hybridized carbons (Fsp3) is 1.00.